The molecule has 1 aliphatic rings. The minimum atomic E-state index is -0.314. The van der Waals surface area contributed by atoms with E-state index in [1.807, 2.05) is 14.1 Å². The lowest BCUT2D eigenvalue weighted by molar-refractivity contribution is -0.907. The first-order chi connectivity index (χ1) is 17.0. The van der Waals surface area contributed by atoms with Crippen molar-refractivity contribution in [2.75, 3.05) is 80.5 Å². The van der Waals surface area contributed by atoms with Crippen molar-refractivity contribution in [3.63, 3.8) is 0 Å². The van der Waals surface area contributed by atoms with E-state index in [0.717, 1.165) is 13.1 Å². The van der Waals surface area contributed by atoms with E-state index < -0.39 is 0 Å². The van der Waals surface area contributed by atoms with Crippen LogP contribution in [0.25, 0.3) is 0 Å². The number of rotatable bonds is 0. The Hall–Kier alpha value is -2.48. The smallest absolute Gasteiger partial charge is 0.352 e. The van der Waals surface area contributed by atoms with Crippen molar-refractivity contribution in [2.24, 2.45) is 9.98 Å². The maximum atomic E-state index is 12.6. The molecule has 3 rings (SSSR count). The summed E-state index contributed by atoms with van der Waals surface area (Å²) in [7, 11) is 8.13. The molecular formula is C24H36N6O4S2+2. The molecule has 3 heterocycles. The van der Waals surface area contributed by atoms with Gasteiger partial charge in [0.15, 0.2) is 0 Å². The first-order valence-electron chi connectivity index (χ1n) is 12.0. The van der Waals surface area contributed by atoms with Crippen LogP contribution >= 0.6 is 22.7 Å². The van der Waals surface area contributed by atoms with Crippen LogP contribution in [0.1, 0.15) is 29.1 Å². The zero-order valence-corrected chi connectivity index (χ0v) is 23.0. The van der Waals surface area contributed by atoms with Gasteiger partial charge in [-0.05, 0) is 36.1 Å². The van der Waals surface area contributed by atoms with Crippen LogP contribution in [-0.2, 0) is 0 Å². The van der Waals surface area contributed by atoms with Crippen LogP contribution in [0, 0.1) is 0 Å². The van der Waals surface area contributed by atoms with Crippen molar-refractivity contribution in [3.05, 3.63) is 43.8 Å². The van der Waals surface area contributed by atoms with Crippen LogP contribution in [0.4, 0.5) is 0 Å². The minimum Gasteiger partial charge on any atom is -0.858 e. The van der Waals surface area contributed by atoms with Gasteiger partial charge in [-0.3, -0.25) is 20.6 Å². The third-order valence-electron chi connectivity index (χ3n) is 6.17. The van der Waals surface area contributed by atoms with E-state index in [0.29, 0.717) is 67.7 Å². The molecule has 0 atom stereocenters. The third kappa shape index (κ3) is 8.29. The van der Waals surface area contributed by atoms with Crippen LogP contribution in [0.5, 0.6) is 0 Å². The molecule has 2 aromatic heterocycles. The van der Waals surface area contributed by atoms with E-state index in [4.69, 9.17) is 0 Å². The molecule has 2 amide bonds. The third-order valence-corrected chi connectivity index (χ3v) is 8.34. The van der Waals surface area contributed by atoms with E-state index in [1.165, 1.54) is 22.7 Å². The van der Waals surface area contributed by atoms with Crippen molar-refractivity contribution in [3.8, 4) is 0 Å². The van der Waals surface area contributed by atoms with Crippen molar-refractivity contribution >= 4 is 46.3 Å². The van der Waals surface area contributed by atoms with Gasteiger partial charge in [-0.15, -0.1) is 22.7 Å². The number of hydrogen-bond donors (Lipinski definition) is 2. The van der Waals surface area contributed by atoms with Gasteiger partial charge in [-0.25, -0.2) is 9.59 Å². The summed E-state index contributed by atoms with van der Waals surface area (Å²) in [5.41, 5.74) is 0. The first kappa shape index (κ1) is 28.1. The monoisotopic (exact) mass is 536 g/mol. The molecule has 4 N–H and O–H groups in total. The van der Waals surface area contributed by atoms with Crippen molar-refractivity contribution in [1.29, 1.82) is 0 Å². The standard InChI is InChI=1S/C24H34N6O4S2/c1-29(2)13-9-25-21(31)17-5-7-19(35-17)23(33)27-11-15-30(3,4)16-12-28-24(34)20-8-6-18(36-20)22(32)26-10-14-29/h5-8H,9-16H2,1-4H3,(H2-2,25,26,27,28,31,32,33,34)/p+2. The Morgan fingerprint density at radius 1 is 0.667 bits per heavy atom. The van der Waals surface area contributed by atoms with E-state index in [-0.39, 0.29) is 23.6 Å². The molecule has 0 saturated heterocycles. The topological polar surface area (TPSA) is 138 Å². The van der Waals surface area contributed by atoms with Gasteiger partial charge >= 0.3 is 11.8 Å². The van der Waals surface area contributed by atoms with Gasteiger partial charge in [0.1, 0.15) is 35.9 Å². The van der Waals surface area contributed by atoms with Crippen molar-refractivity contribution in [2.45, 2.75) is 0 Å². The van der Waals surface area contributed by atoms with Crippen LogP contribution in [0.3, 0.4) is 0 Å². The Morgan fingerprint density at radius 2 is 1.03 bits per heavy atom. The summed E-state index contributed by atoms with van der Waals surface area (Å²) in [6.07, 6.45) is 0. The number of quaternary nitrogens is 4. The van der Waals surface area contributed by atoms with Crippen molar-refractivity contribution in [1.82, 2.24) is 0 Å². The molecule has 10 nitrogen and oxygen atoms in total. The van der Waals surface area contributed by atoms with E-state index >= 15 is 0 Å². The molecule has 1 aliphatic heterocycles. The molecule has 0 aromatic carbocycles. The molecule has 12 heteroatoms. The molecule has 0 fully saturated rings. The second-order valence-electron chi connectivity index (χ2n) is 10.2. The second kappa shape index (κ2) is 12.2. The van der Waals surface area contributed by atoms with Gasteiger partial charge in [0.25, 0.3) is 0 Å². The summed E-state index contributed by atoms with van der Waals surface area (Å²) in [5.74, 6) is -0.796. The van der Waals surface area contributed by atoms with E-state index in [1.54, 1.807) is 34.9 Å². The molecular weight excluding hydrogens is 500 g/mol. The number of amides is 2. The molecule has 0 aliphatic carbocycles. The Bertz CT molecular complexity index is 1050. The van der Waals surface area contributed by atoms with Gasteiger partial charge in [-0.1, -0.05) is 0 Å². The average Bonchev–Trinajstić information content (AvgIpc) is 3.48. The fraction of sp³-hybridized carbons (Fsp3) is 0.500. The van der Waals surface area contributed by atoms with Gasteiger partial charge in [0.05, 0.1) is 54.4 Å². The lowest BCUT2D eigenvalue weighted by atomic mass is 10.3. The summed E-state index contributed by atoms with van der Waals surface area (Å²) in [4.78, 5) is 35.5. The number of nitrogens with zero attached hydrogens (tertiary/aromatic N) is 4. The molecule has 2 aromatic rings. The maximum absolute atomic E-state index is 12.6. The molecule has 36 heavy (non-hydrogen) atoms. The molecule has 0 spiro atoms. The van der Waals surface area contributed by atoms with Crippen LogP contribution < -0.4 is 20.8 Å². The largest absolute Gasteiger partial charge is 0.858 e. The van der Waals surface area contributed by atoms with E-state index in [9.17, 15) is 19.8 Å². The number of nitrogens with two attached hydrogens (primary N) is 2. The molecule has 196 valence electrons. The number of carbonyl (C=O) groups is 2. The Kier molecular flexibility index (Phi) is 9.50. The number of carbonyl (C=O) groups excluding carboxylic acids is 2. The lowest BCUT2D eigenvalue weighted by Gasteiger charge is -2.29. The Labute approximate surface area is 219 Å². The number of primary amides is 2. The molecule has 0 saturated carbocycles. The number of aliphatic imine (C=N–C) groups is 2. The highest BCUT2D eigenvalue weighted by molar-refractivity contribution is 7.16. The van der Waals surface area contributed by atoms with Gasteiger partial charge in [0, 0.05) is 9.75 Å². The summed E-state index contributed by atoms with van der Waals surface area (Å²) >= 11 is 2.35. The highest BCUT2D eigenvalue weighted by atomic mass is 32.1. The SMILES string of the molecule is C[N+]1(C)CCN=C([O-])c2ccc(s2)C(=O)[NH2+]CC[N+](C)(C)CC[NH2+]C(=O)c2ccc(s2)C([O-])=NCC1. The number of fused-ring (bicyclic) bond motifs is 4. The number of likely N-dealkylation sites (N-methyl/N-ethyl adjacent to an activating group) is 2. The predicted molar refractivity (Wildman–Crippen MR) is 137 cm³/mol. The Morgan fingerprint density at radius 3 is 1.44 bits per heavy atom. The van der Waals surface area contributed by atoms with E-state index in [2.05, 4.69) is 24.1 Å². The second-order valence-corrected chi connectivity index (χ2v) is 12.3. The summed E-state index contributed by atoms with van der Waals surface area (Å²) < 4.78 is 1.21. The summed E-state index contributed by atoms with van der Waals surface area (Å²) in [6.45, 7) is 4.58. The fourth-order valence-electron chi connectivity index (χ4n) is 3.69. The minimum absolute atomic E-state index is 0.0835. The van der Waals surface area contributed by atoms with Gasteiger partial charge in [0.2, 0.25) is 0 Å². The highest BCUT2D eigenvalue weighted by Crippen LogP contribution is 2.16. The number of hydrogen-bond acceptors (Lipinski definition) is 8. The fourth-order valence-corrected chi connectivity index (χ4v) is 5.38. The van der Waals surface area contributed by atoms with Crippen LogP contribution in [-0.4, -0.2) is 113 Å². The first-order valence-corrected chi connectivity index (χ1v) is 13.6. The lowest BCUT2D eigenvalue weighted by Crippen LogP contribution is -2.91. The zero-order valence-electron chi connectivity index (χ0n) is 21.4. The summed E-state index contributed by atoms with van der Waals surface area (Å²) in [6, 6.07) is 6.68. The Balaban J connectivity index is 1.74. The summed E-state index contributed by atoms with van der Waals surface area (Å²) in [5, 5.41) is 28.3. The molecule has 0 unspecified atom stereocenters. The predicted octanol–water partition coefficient (Wildman–Crippen LogP) is -2.70. The van der Waals surface area contributed by atoms with Gasteiger partial charge in [-0.2, -0.15) is 0 Å². The molecule has 4 bridgehead atoms. The zero-order chi connectivity index (χ0) is 26.3. The van der Waals surface area contributed by atoms with Crippen molar-refractivity contribution < 1.29 is 39.4 Å². The van der Waals surface area contributed by atoms with Crippen LogP contribution in [0.2, 0.25) is 0 Å². The quantitative estimate of drug-likeness (QED) is 0.354. The number of thiophene rings is 2. The highest BCUT2D eigenvalue weighted by Gasteiger charge is 2.22. The van der Waals surface area contributed by atoms with Gasteiger partial charge < -0.3 is 19.2 Å². The normalized spacial score (nSPS) is 20.8. The molecule has 0 radical (unpaired) electrons. The van der Waals surface area contributed by atoms with Crippen LogP contribution in [0.15, 0.2) is 34.3 Å². The maximum Gasteiger partial charge on any atom is 0.352 e. The average molecular weight is 537 g/mol.